The molecule has 1 N–H and O–H groups in total. The molecule has 3 heteroatoms. The van der Waals surface area contributed by atoms with Gasteiger partial charge < -0.3 is 0 Å². The highest BCUT2D eigenvalue weighted by Gasteiger charge is 2.07. The molecule has 1 aromatic carbocycles. The smallest absolute Gasteiger partial charge is 0.113 e. The molecule has 17 heavy (non-hydrogen) atoms. The maximum Gasteiger partial charge on any atom is 0.113 e. The molecule has 90 valence electrons. The Balaban J connectivity index is 2.25. The first-order valence-corrected chi connectivity index (χ1v) is 6.27. The Kier molecular flexibility index (Phi) is 3.91. The Labute approximate surface area is 102 Å². The number of H-pyrrole nitrogens is 1. The predicted molar refractivity (Wildman–Crippen MR) is 69.8 cm³/mol. The van der Waals surface area contributed by atoms with Crippen molar-refractivity contribution in [2.45, 2.75) is 39.5 Å². The molecule has 2 rings (SSSR count). The zero-order valence-electron chi connectivity index (χ0n) is 10.5. The van der Waals surface area contributed by atoms with Crippen LogP contribution in [0.3, 0.4) is 0 Å². The lowest BCUT2D eigenvalue weighted by Crippen LogP contribution is -1.92. The summed E-state index contributed by atoms with van der Waals surface area (Å²) in [7, 11) is 0. The van der Waals surface area contributed by atoms with E-state index in [4.69, 9.17) is 0 Å². The van der Waals surface area contributed by atoms with Crippen molar-refractivity contribution in [2.24, 2.45) is 0 Å². The summed E-state index contributed by atoms with van der Waals surface area (Å²) in [4.78, 5) is 0. The van der Waals surface area contributed by atoms with Crippen molar-refractivity contribution in [3.05, 3.63) is 35.5 Å². The summed E-state index contributed by atoms with van der Waals surface area (Å²) in [5.41, 5.74) is 4.84. The summed E-state index contributed by atoms with van der Waals surface area (Å²) >= 11 is 0. The maximum atomic E-state index is 4.17. The Hall–Kier alpha value is -1.64. The van der Waals surface area contributed by atoms with Crippen LogP contribution in [-0.4, -0.2) is 15.4 Å². The van der Waals surface area contributed by atoms with Crippen molar-refractivity contribution in [3.63, 3.8) is 0 Å². The van der Waals surface area contributed by atoms with Gasteiger partial charge >= 0.3 is 0 Å². The van der Waals surface area contributed by atoms with E-state index < -0.39 is 0 Å². The van der Waals surface area contributed by atoms with Gasteiger partial charge in [-0.3, -0.25) is 0 Å². The van der Waals surface area contributed by atoms with Gasteiger partial charge in [-0.2, -0.15) is 15.4 Å². The van der Waals surface area contributed by atoms with Gasteiger partial charge in [0.25, 0.3) is 0 Å². The Morgan fingerprint density at radius 3 is 2.82 bits per heavy atom. The standard InChI is InChI=1S/C14H19N3/c1-3-4-5-6-12-9-11(2)7-8-13(12)14-10-15-17-16-14/h7-10H,3-6H2,1-2H3,(H,15,16,17). The Morgan fingerprint density at radius 2 is 2.12 bits per heavy atom. The number of hydrogen-bond acceptors (Lipinski definition) is 2. The van der Waals surface area contributed by atoms with E-state index in [1.165, 1.54) is 36.0 Å². The fourth-order valence-electron chi connectivity index (χ4n) is 2.08. The lowest BCUT2D eigenvalue weighted by Gasteiger charge is -2.08. The van der Waals surface area contributed by atoms with Crippen LogP contribution in [-0.2, 0) is 6.42 Å². The summed E-state index contributed by atoms with van der Waals surface area (Å²) in [5, 5.41) is 10.7. The number of aromatic nitrogens is 3. The molecule has 3 nitrogen and oxygen atoms in total. The lowest BCUT2D eigenvalue weighted by molar-refractivity contribution is 0.717. The third-order valence-electron chi connectivity index (χ3n) is 3.00. The van der Waals surface area contributed by atoms with Gasteiger partial charge in [0.05, 0.1) is 6.20 Å². The van der Waals surface area contributed by atoms with Gasteiger partial charge in [-0.25, -0.2) is 0 Å². The van der Waals surface area contributed by atoms with E-state index in [1.807, 2.05) is 0 Å². The van der Waals surface area contributed by atoms with Crippen molar-refractivity contribution < 1.29 is 0 Å². The number of hydrogen-bond donors (Lipinski definition) is 1. The highest BCUT2D eigenvalue weighted by Crippen LogP contribution is 2.23. The minimum absolute atomic E-state index is 0.941. The van der Waals surface area contributed by atoms with Crippen molar-refractivity contribution in [1.29, 1.82) is 0 Å². The van der Waals surface area contributed by atoms with Crippen LogP contribution < -0.4 is 0 Å². The molecule has 0 aliphatic rings. The number of benzene rings is 1. The molecule has 0 spiro atoms. The zero-order chi connectivity index (χ0) is 12.1. The molecular formula is C14H19N3. The largest absolute Gasteiger partial charge is 0.197 e. The van der Waals surface area contributed by atoms with E-state index in [1.54, 1.807) is 6.20 Å². The molecule has 0 saturated heterocycles. The van der Waals surface area contributed by atoms with Crippen molar-refractivity contribution >= 4 is 0 Å². The van der Waals surface area contributed by atoms with Crippen LogP contribution in [0, 0.1) is 6.92 Å². The maximum absolute atomic E-state index is 4.17. The average Bonchev–Trinajstić information content (AvgIpc) is 2.83. The van der Waals surface area contributed by atoms with E-state index in [2.05, 4.69) is 47.5 Å². The highest BCUT2D eigenvalue weighted by molar-refractivity contribution is 5.63. The zero-order valence-corrected chi connectivity index (χ0v) is 10.5. The fraction of sp³-hybridized carbons (Fsp3) is 0.429. The van der Waals surface area contributed by atoms with Gasteiger partial charge in [0.2, 0.25) is 0 Å². The molecule has 1 aromatic heterocycles. The minimum Gasteiger partial charge on any atom is -0.197 e. The first-order chi connectivity index (χ1) is 8.31. The second-order valence-corrected chi connectivity index (χ2v) is 4.47. The van der Waals surface area contributed by atoms with Crippen LogP contribution in [0.5, 0.6) is 0 Å². The molecule has 0 atom stereocenters. The lowest BCUT2D eigenvalue weighted by atomic mass is 9.97. The van der Waals surface area contributed by atoms with Gasteiger partial charge in [-0.05, 0) is 25.3 Å². The molecule has 0 saturated carbocycles. The van der Waals surface area contributed by atoms with Crippen LogP contribution >= 0.6 is 0 Å². The Morgan fingerprint density at radius 1 is 1.24 bits per heavy atom. The molecule has 1 heterocycles. The number of nitrogens with one attached hydrogen (secondary N) is 1. The number of rotatable bonds is 5. The van der Waals surface area contributed by atoms with E-state index >= 15 is 0 Å². The van der Waals surface area contributed by atoms with Crippen LogP contribution in [0.25, 0.3) is 11.3 Å². The fourth-order valence-corrected chi connectivity index (χ4v) is 2.08. The first-order valence-electron chi connectivity index (χ1n) is 6.27. The van der Waals surface area contributed by atoms with Crippen LogP contribution in [0.4, 0.5) is 0 Å². The number of nitrogens with zero attached hydrogens (tertiary/aromatic N) is 2. The summed E-state index contributed by atoms with van der Waals surface area (Å²) in [6.07, 6.45) is 6.69. The topological polar surface area (TPSA) is 41.6 Å². The minimum atomic E-state index is 0.941. The second-order valence-electron chi connectivity index (χ2n) is 4.47. The monoisotopic (exact) mass is 229 g/mol. The SMILES string of the molecule is CCCCCc1cc(C)ccc1-c1cn[nH]n1. The molecule has 0 radical (unpaired) electrons. The van der Waals surface area contributed by atoms with Crippen molar-refractivity contribution in [3.8, 4) is 11.3 Å². The van der Waals surface area contributed by atoms with E-state index in [-0.39, 0.29) is 0 Å². The number of unbranched alkanes of at least 4 members (excludes halogenated alkanes) is 2. The molecule has 0 amide bonds. The summed E-state index contributed by atoms with van der Waals surface area (Å²) in [5.74, 6) is 0. The van der Waals surface area contributed by atoms with Gasteiger partial charge in [0.1, 0.15) is 5.69 Å². The van der Waals surface area contributed by atoms with E-state index in [9.17, 15) is 0 Å². The van der Waals surface area contributed by atoms with Gasteiger partial charge in [0, 0.05) is 5.56 Å². The van der Waals surface area contributed by atoms with E-state index in [0.717, 1.165) is 12.1 Å². The van der Waals surface area contributed by atoms with Gasteiger partial charge in [-0.15, -0.1) is 0 Å². The third kappa shape index (κ3) is 2.93. The van der Waals surface area contributed by atoms with Crippen molar-refractivity contribution in [2.75, 3.05) is 0 Å². The predicted octanol–water partition coefficient (Wildman–Crippen LogP) is 3.51. The van der Waals surface area contributed by atoms with Gasteiger partial charge in [-0.1, -0.05) is 43.5 Å². The first kappa shape index (κ1) is 11.8. The molecular weight excluding hydrogens is 210 g/mol. The highest BCUT2D eigenvalue weighted by atomic mass is 15.3. The molecule has 0 aliphatic heterocycles. The summed E-state index contributed by atoms with van der Waals surface area (Å²) in [6.45, 7) is 4.37. The van der Waals surface area contributed by atoms with Crippen LogP contribution in [0.15, 0.2) is 24.4 Å². The van der Waals surface area contributed by atoms with E-state index in [0.29, 0.717) is 0 Å². The third-order valence-corrected chi connectivity index (χ3v) is 3.00. The molecule has 0 aliphatic carbocycles. The van der Waals surface area contributed by atoms with Crippen LogP contribution in [0.2, 0.25) is 0 Å². The summed E-state index contributed by atoms with van der Waals surface area (Å²) < 4.78 is 0. The normalized spacial score (nSPS) is 10.7. The van der Waals surface area contributed by atoms with Crippen molar-refractivity contribution in [1.82, 2.24) is 15.4 Å². The van der Waals surface area contributed by atoms with Crippen LogP contribution in [0.1, 0.15) is 37.3 Å². The quantitative estimate of drug-likeness (QED) is 0.797. The number of aromatic amines is 1. The molecule has 0 fully saturated rings. The second kappa shape index (κ2) is 5.62. The molecule has 0 bridgehead atoms. The average molecular weight is 229 g/mol. The van der Waals surface area contributed by atoms with Gasteiger partial charge in [0.15, 0.2) is 0 Å². The Bertz CT molecular complexity index is 460. The molecule has 0 unspecified atom stereocenters. The molecule has 2 aromatic rings. The number of aryl methyl sites for hydroxylation is 2. The summed E-state index contributed by atoms with van der Waals surface area (Å²) in [6, 6.07) is 6.54.